The van der Waals surface area contributed by atoms with E-state index < -0.39 is 29.9 Å². The summed E-state index contributed by atoms with van der Waals surface area (Å²) in [4.78, 5) is 63.8. The van der Waals surface area contributed by atoms with Crippen LogP contribution in [0.1, 0.15) is 53.1 Å². The van der Waals surface area contributed by atoms with Gasteiger partial charge in [0, 0.05) is 25.6 Å². The number of likely N-dealkylation sites (N-methyl/N-ethyl adjacent to an activating group) is 1. The molecule has 0 saturated carbocycles. The molecule has 1 fully saturated rings. The van der Waals surface area contributed by atoms with Gasteiger partial charge in [-0.15, -0.1) is 5.10 Å². The van der Waals surface area contributed by atoms with Crippen LogP contribution in [0, 0.1) is 0 Å². The van der Waals surface area contributed by atoms with Crippen molar-refractivity contribution in [2.45, 2.75) is 45.3 Å². The Morgan fingerprint density at radius 1 is 1.29 bits per heavy atom. The quantitative estimate of drug-likeness (QED) is 0.463. The topological polar surface area (TPSA) is 144 Å². The van der Waals surface area contributed by atoms with Gasteiger partial charge in [-0.05, 0) is 44.0 Å². The van der Waals surface area contributed by atoms with Crippen LogP contribution in [0.5, 0.6) is 0 Å². The maximum absolute atomic E-state index is 12.8. The van der Waals surface area contributed by atoms with E-state index in [2.05, 4.69) is 15.6 Å². The predicted octanol–water partition coefficient (Wildman–Crippen LogP) is 0.0519. The van der Waals surface area contributed by atoms with Crippen LogP contribution >= 0.6 is 0 Å². The Morgan fingerprint density at radius 2 is 2.06 bits per heavy atom. The number of amides is 4. The highest BCUT2D eigenvalue weighted by molar-refractivity contribution is 6.05. The Morgan fingerprint density at radius 3 is 2.76 bits per heavy atom. The lowest BCUT2D eigenvalue weighted by Gasteiger charge is -2.29. The van der Waals surface area contributed by atoms with Gasteiger partial charge in [-0.2, -0.15) is 0 Å². The van der Waals surface area contributed by atoms with E-state index in [0.717, 1.165) is 0 Å². The van der Waals surface area contributed by atoms with Gasteiger partial charge < -0.3 is 14.5 Å². The van der Waals surface area contributed by atoms with Crippen molar-refractivity contribution in [2.75, 3.05) is 13.7 Å². The molecule has 12 heteroatoms. The molecule has 4 rings (SSSR count). The first-order valence-electron chi connectivity index (χ1n) is 10.8. The minimum atomic E-state index is -0.790. The molecule has 2 aliphatic rings. The molecule has 0 radical (unpaired) electrons. The molecule has 0 bridgehead atoms. The van der Waals surface area contributed by atoms with Crippen LogP contribution in [0.2, 0.25) is 0 Å². The Bertz CT molecular complexity index is 1190. The number of hydrogen-bond acceptors (Lipinski definition) is 8. The lowest BCUT2D eigenvalue weighted by molar-refractivity contribution is -0.147. The van der Waals surface area contributed by atoms with Gasteiger partial charge in [-0.25, -0.2) is 9.48 Å². The largest absolute Gasteiger partial charge is 0.464 e. The van der Waals surface area contributed by atoms with E-state index in [-0.39, 0.29) is 43.5 Å². The third-order valence-electron chi connectivity index (χ3n) is 6.01. The van der Waals surface area contributed by atoms with E-state index in [9.17, 15) is 24.0 Å². The number of hydrogen-bond donors (Lipinski definition) is 1. The zero-order chi connectivity index (χ0) is 24.6. The Hall–Kier alpha value is -4.09. The number of imide groups is 1. The molecule has 34 heavy (non-hydrogen) atoms. The molecule has 1 aromatic carbocycles. The van der Waals surface area contributed by atoms with Gasteiger partial charge in [0.25, 0.3) is 11.8 Å². The number of ether oxygens (including phenoxy) is 1. The molecule has 178 valence electrons. The zero-order valence-electron chi connectivity index (χ0n) is 19.0. The third-order valence-corrected chi connectivity index (χ3v) is 6.01. The molecule has 1 aromatic heterocycles. The minimum Gasteiger partial charge on any atom is -0.464 e. The molecular weight excluding hydrogens is 444 g/mol. The molecule has 0 spiro atoms. The number of nitrogens with one attached hydrogen (secondary N) is 1. The molecule has 2 atom stereocenters. The summed E-state index contributed by atoms with van der Waals surface area (Å²) in [5.74, 6) is -2.10. The summed E-state index contributed by atoms with van der Waals surface area (Å²) >= 11 is 0. The summed E-state index contributed by atoms with van der Waals surface area (Å²) in [5, 5.41) is 10.2. The molecule has 1 N–H and O–H groups in total. The van der Waals surface area contributed by atoms with Crippen LogP contribution < -0.4 is 5.32 Å². The first-order chi connectivity index (χ1) is 16.2. The van der Waals surface area contributed by atoms with Crippen LogP contribution in [0.3, 0.4) is 0 Å². The molecule has 0 aliphatic carbocycles. The second kappa shape index (κ2) is 9.04. The number of rotatable bonds is 6. The Kier molecular flexibility index (Phi) is 6.14. The number of fused-ring (bicyclic) bond motifs is 1. The number of carbonyl (C=O) groups is 5. The summed E-state index contributed by atoms with van der Waals surface area (Å²) < 4.78 is 6.35. The van der Waals surface area contributed by atoms with Crippen molar-refractivity contribution in [1.29, 1.82) is 0 Å². The van der Waals surface area contributed by atoms with Crippen molar-refractivity contribution < 1.29 is 28.7 Å². The van der Waals surface area contributed by atoms with Crippen molar-refractivity contribution >= 4 is 29.6 Å². The fourth-order valence-electron chi connectivity index (χ4n) is 3.97. The highest BCUT2D eigenvalue weighted by atomic mass is 16.5. The summed E-state index contributed by atoms with van der Waals surface area (Å²) in [7, 11) is 1.48. The Balaban J connectivity index is 1.50. The van der Waals surface area contributed by atoms with E-state index in [0.29, 0.717) is 16.8 Å². The van der Waals surface area contributed by atoms with Crippen LogP contribution in [0.4, 0.5) is 0 Å². The molecule has 1 unspecified atom stereocenters. The number of piperidine rings is 1. The van der Waals surface area contributed by atoms with E-state index in [1.54, 1.807) is 32.0 Å². The predicted molar refractivity (Wildman–Crippen MR) is 116 cm³/mol. The Labute approximate surface area is 194 Å². The SMILES string of the molecule is CCOC(=O)[C@H](C)N(C)C(=O)c1cn(-c2ccc3c(c2)CN(C2CCC(=O)NC2=O)C3=O)nn1. The molecule has 4 amide bonds. The van der Waals surface area contributed by atoms with Gasteiger partial charge >= 0.3 is 5.97 Å². The van der Waals surface area contributed by atoms with Gasteiger partial charge in [-0.1, -0.05) is 5.21 Å². The fourth-order valence-corrected chi connectivity index (χ4v) is 3.97. The van der Waals surface area contributed by atoms with Gasteiger partial charge in [0.05, 0.1) is 18.5 Å². The van der Waals surface area contributed by atoms with Crippen LogP contribution in [-0.4, -0.2) is 80.1 Å². The minimum absolute atomic E-state index is 0.0420. The second-order valence-corrected chi connectivity index (χ2v) is 8.13. The third kappa shape index (κ3) is 4.14. The van der Waals surface area contributed by atoms with Crippen molar-refractivity contribution in [3.05, 3.63) is 41.2 Å². The van der Waals surface area contributed by atoms with E-state index in [1.807, 2.05) is 0 Å². The van der Waals surface area contributed by atoms with Crippen LogP contribution in [-0.2, 0) is 25.7 Å². The highest BCUT2D eigenvalue weighted by Crippen LogP contribution is 2.29. The van der Waals surface area contributed by atoms with Crippen molar-refractivity contribution in [1.82, 2.24) is 30.1 Å². The van der Waals surface area contributed by atoms with E-state index in [1.165, 1.54) is 27.7 Å². The summed E-state index contributed by atoms with van der Waals surface area (Å²) in [6.45, 7) is 3.68. The second-order valence-electron chi connectivity index (χ2n) is 8.13. The average molecular weight is 468 g/mol. The van der Waals surface area contributed by atoms with Crippen LogP contribution in [0.15, 0.2) is 24.4 Å². The summed E-state index contributed by atoms with van der Waals surface area (Å²) in [5.41, 5.74) is 1.78. The standard InChI is InChI=1S/C22H24N6O6/c1-4-34-22(33)12(2)26(3)21(32)16-11-28(25-24-16)14-5-6-15-13(9-14)10-27(20(15)31)17-7-8-18(29)23-19(17)30/h5-6,9,11-12,17H,4,7-8,10H2,1-3H3,(H,23,29,30)/t12-,17?/m0/s1. The molecule has 3 heterocycles. The normalized spacial score (nSPS) is 18.4. The fraction of sp³-hybridized carbons (Fsp3) is 0.409. The summed E-state index contributed by atoms with van der Waals surface area (Å²) in [6, 6.07) is 3.55. The summed E-state index contributed by atoms with van der Waals surface area (Å²) in [6.07, 6.45) is 1.90. The number of esters is 1. The smallest absolute Gasteiger partial charge is 0.328 e. The lowest BCUT2D eigenvalue weighted by atomic mass is 10.0. The number of carbonyl (C=O) groups excluding carboxylic acids is 5. The van der Waals surface area contributed by atoms with Gasteiger partial charge in [0.1, 0.15) is 12.1 Å². The van der Waals surface area contributed by atoms with Gasteiger partial charge in [0.15, 0.2) is 5.69 Å². The van der Waals surface area contributed by atoms with Crippen LogP contribution in [0.25, 0.3) is 5.69 Å². The highest BCUT2D eigenvalue weighted by Gasteiger charge is 2.39. The van der Waals surface area contributed by atoms with Gasteiger partial charge in [0.2, 0.25) is 11.8 Å². The molecule has 2 aliphatic heterocycles. The monoisotopic (exact) mass is 468 g/mol. The molecular formula is C22H24N6O6. The van der Waals surface area contributed by atoms with Crippen molar-refractivity contribution in [3.8, 4) is 5.69 Å². The first-order valence-corrected chi connectivity index (χ1v) is 10.8. The first kappa shape index (κ1) is 23.1. The number of aromatic nitrogens is 3. The van der Waals surface area contributed by atoms with Gasteiger partial charge in [-0.3, -0.25) is 24.5 Å². The average Bonchev–Trinajstić information content (AvgIpc) is 3.43. The van der Waals surface area contributed by atoms with Crippen molar-refractivity contribution in [2.24, 2.45) is 0 Å². The van der Waals surface area contributed by atoms with E-state index >= 15 is 0 Å². The molecule has 12 nitrogen and oxygen atoms in total. The zero-order valence-corrected chi connectivity index (χ0v) is 19.0. The maximum Gasteiger partial charge on any atom is 0.328 e. The number of benzene rings is 1. The number of nitrogens with zero attached hydrogens (tertiary/aromatic N) is 5. The van der Waals surface area contributed by atoms with E-state index in [4.69, 9.17) is 4.74 Å². The van der Waals surface area contributed by atoms with Crippen molar-refractivity contribution in [3.63, 3.8) is 0 Å². The molecule has 2 aromatic rings. The maximum atomic E-state index is 12.8. The lowest BCUT2D eigenvalue weighted by Crippen LogP contribution is -2.52. The molecule has 1 saturated heterocycles.